The quantitative estimate of drug-likeness (QED) is 0.775. The Morgan fingerprint density at radius 3 is 2.43 bits per heavy atom. The number of rotatable bonds is 7. The first-order valence-electron chi connectivity index (χ1n) is 8.55. The van der Waals surface area contributed by atoms with Gasteiger partial charge in [0.2, 0.25) is 5.91 Å². The van der Waals surface area contributed by atoms with Crippen molar-refractivity contribution in [1.82, 2.24) is 9.80 Å². The minimum atomic E-state index is 0.173. The highest BCUT2D eigenvalue weighted by atomic mass is 16.5. The summed E-state index contributed by atoms with van der Waals surface area (Å²) in [6, 6.07) is 10.2. The molecule has 0 aromatic heterocycles. The first-order valence-corrected chi connectivity index (χ1v) is 8.55. The van der Waals surface area contributed by atoms with Crippen molar-refractivity contribution in [3.05, 3.63) is 35.9 Å². The molecule has 0 radical (unpaired) electrons. The third-order valence-electron chi connectivity index (χ3n) is 5.24. The Kier molecular flexibility index (Phi) is 6.60. The van der Waals surface area contributed by atoms with Gasteiger partial charge in [-0.15, -0.1) is 0 Å². The molecule has 1 aliphatic rings. The zero-order chi connectivity index (χ0) is 16.7. The second kappa shape index (κ2) is 8.46. The number of hydrogen-bond acceptors (Lipinski definition) is 3. The van der Waals surface area contributed by atoms with Crippen molar-refractivity contribution in [1.29, 1.82) is 0 Å². The lowest BCUT2D eigenvalue weighted by Gasteiger charge is -2.46. The van der Waals surface area contributed by atoms with Gasteiger partial charge in [-0.3, -0.25) is 4.79 Å². The van der Waals surface area contributed by atoms with Crippen LogP contribution in [0.4, 0.5) is 0 Å². The average molecular weight is 318 g/mol. The van der Waals surface area contributed by atoms with Crippen LogP contribution < -0.4 is 0 Å². The lowest BCUT2D eigenvalue weighted by Crippen LogP contribution is -2.54. The number of methoxy groups -OCH3 is 1. The summed E-state index contributed by atoms with van der Waals surface area (Å²) in [5.41, 5.74) is 1.41. The van der Waals surface area contributed by atoms with Gasteiger partial charge in [-0.05, 0) is 45.3 Å². The number of hydrogen-bond donors (Lipinski definition) is 0. The lowest BCUT2D eigenvalue weighted by atomic mass is 9.83. The predicted molar refractivity (Wildman–Crippen MR) is 93.5 cm³/mol. The molecule has 1 fully saturated rings. The Hall–Kier alpha value is -1.39. The van der Waals surface area contributed by atoms with E-state index in [0.29, 0.717) is 6.42 Å². The van der Waals surface area contributed by atoms with Gasteiger partial charge in [-0.25, -0.2) is 0 Å². The van der Waals surface area contributed by atoms with Crippen LogP contribution in [-0.2, 0) is 16.0 Å². The summed E-state index contributed by atoms with van der Waals surface area (Å²) in [7, 11) is 6.04. The fraction of sp³-hybridized carbons (Fsp3) is 0.632. The molecule has 1 aromatic rings. The molecule has 0 aliphatic carbocycles. The predicted octanol–water partition coefficient (Wildman–Crippen LogP) is 2.58. The molecular weight excluding hydrogens is 288 g/mol. The highest BCUT2D eigenvalue weighted by Crippen LogP contribution is 2.30. The molecule has 0 spiro atoms. The number of carbonyl (C=O) groups excluding carboxylic acids is 1. The van der Waals surface area contributed by atoms with Gasteiger partial charge in [-0.1, -0.05) is 30.3 Å². The molecular formula is C19H30N2O2. The molecule has 0 unspecified atom stereocenters. The molecule has 0 bridgehead atoms. The van der Waals surface area contributed by atoms with Crippen LogP contribution in [-0.4, -0.2) is 62.1 Å². The van der Waals surface area contributed by atoms with Crippen LogP contribution in [0.25, 0.3) is 0 Å². The highest BCUT2D eigenvalue weighted by Gasteiger charge is 2.37. The Morgan fingerprint density at radius 1 is 1.22 bits per heavy atom. The minimum Gasteiger partial charge on any atom is -0.385 e. The third kappa shape index (κ3) is 4.79. The van der Waals surface area contributed by atoms with E-state index >= 15 is 0 Å². The van der Waals surface area contributed by atoms with Crippen LogP contribution in [0.1, 0.15) is 31.2 Å². The number of benzene rings is 1. The number of aryl methyl sites for hydroxylation is 1. The van der Waals surface area contributed by atoms with E-state index in [2.05, 4.69) is 31.1 Å². The first kappa shape index (κ1) is 18.0. The Bertz CT molecular complexity index is 479. The van der Waals surface area contributed by atoms with Crippen molar-refractivity contribution in [3.63, 3.8) is 0 Å². The number of ether oxygens (including phenoxy) is 1. The molecule has 4 heteroatoms. The number of nitrogens with zero attached hydrogens (tertiary/aromatic N) is 2. The van der Waals surface area contributed by atoms with E-state index in [1.165, 1.54) is 5.56 Å². The van der Waals surface area contributed by atoms with Crippen LogP contribution in [0.3, 0.4) is 0 Å². The zero-order valence-corrected chi connectivity index (χ0v) is 14.8. The van der Waals surface area contributed by atoms with Crippen LogP contribution in [0.15, 0.2) is 30.3 Å². The van der Waals surface area contributed by atoms with E-state index in [-0.39, 0.29) is 11.4 Å². The normalized spacial score (nSPS) is 17.5. The summed E-state index contributed by atoms with van der Waals surface area (Å²) in [5.74, 6) is 0.285. The zero-order valence-electron chi connectivity index (χ0n) is 14.8. The maximum Gasteiger partial charge on any atom is 0.222 e. The molecule has 1 amide bonds. The molecule has 0 atom stereocenters. The molecule has 1 aliphatic heterocycles. The number of likely N-dealkylation sites (tertiary alicyclic amines) is 1. The highest BCUT2D eigenvalue weighted by molar-refractivity contribution is 5.76. The van der Waals surface area contributed by atoms with Crippen molar-refractivity contribution >= 4 is 5.91 Å². The van der Waals surface area contributed by atoms with Gasteiger partial charge in [0.25, 0.3) is 0 Å². The van der Waals surface area contributed by atoms with E-state index in [1.54, 1.807) is 7.11 Å². The van der Waals surface area contributed by atoms with Gasteiger partial charge in [0.05, 0.1) is 0 Å². The molecule has 128 valence electrons. The summed E-state index contributed by atoms with van der Waals surface area (Å²) < 4.78 is 5.27. The maximum atomic E-state index is 12.5. The largest absolute Gasteiger partial charge is 0.385 e. The summed E-state index contributed by atoms with van der Waals surface area (Å²) in [6.45, 7) is 2.49. The van der Waals surface area contributed by atoms with Gasteiger partial charge < -0.3 is 14.5 Å². The van der Waals surface area contributed by atoms with E-state index in [1.807, 2.05) is 23.1 Å². The van der Waals surface area contributed by atoms with Gasteiger partial charge in [0.1, 0.15) is 0 Å². The van der Waals surface area contributed by atoms with E-state index in [9.17, 15) is 4.79 Å². The standard InChI is InChI=1S/C19H30N2O2/c1-20(2)19(13-16-23-3)11-14-21(15-12-19)18(22)10-9-17-7-5-4-6-8-17/h4-8H,9-16H2,1-3H3. The van der Waals surface area contributed by atoms with Crippen molar-refractivity contribution in [2.75, 3.05) is 40.9 Å². The van der Waals surface area contributed by atoms with Crippen LogP contribution in [0, 0.1) is 0 Å². The van der Waals surface area contributed by atoms with E-state index in [0.717, 1.165) is 45.4 Å². The van der Waals surface area contributed by atoms with Gasteiger partial charge in [0, 0.05) is 38.8 Å². The molecule has 0 N–H and O–H groups in total. The number of carbonyl (C=O) groups is 1. The molecule has 0 saturated carbocycles. The topological polar surface area (TPSA) is 32.8 Å². The van der Waals surface area contributed by atoms with E-state index < -0.39 is 0 Å². The van der Waals surface area contributed by atoms with Gasteiger partial charge in [-0.2, -0.15) is 0 Å². The maximum absolute atomic E-state index is 12.5. The van der Waals surface area contributed by atoms with E-state index in [4.69, 9.17) is 4.74 Å². The monoisotopic (exact) mass is 318 g/mol. The molecule has 1 saturated heterocycles. The van der Waals surface area contributed by atoms with Crippen LogP contribution in [0.5, 0.6) is 0 Å². The Labute approximate surface area is 140 Å². The second-order valence-electron chi connectivity index (χ2n) is 6.73. The van der Waals surface area contributed by atoms with Crippen molar-refractivity contribution < 1.29 is 9.53 Å². The van der Waals surface area contributed by atoms with Crippen molar-refractivity contribution in [3.8, 4) is 0 Å². The lowest BCUT2D eigenvalue weighted by molar-refractivity contribution is -0.133. The van der Waals surface area contributed by atoms with Gasteiger partial charge >= 0.3 is 0 Å². The third-order valence-corrected chi connectivity index (χ3v) is 5.24. The molecule has 2 rings (SSSR count). The Balaban J connectivity index is 1.83. The van der Waals surface area contributed by atoms with Crippen molar-refractivity contribution in [2.45, 2.75) is 37.6 Å². The summed E-state index contributed by atoms with van der Waals surface area (Å²) >= 11 is 0. The minimum absolute atomic E-state index is 0.173. The molecule has 4 nitrogen and oxygen atoms in total. The summed E-state index contributed by atoms with van der Waals surface area (Å²) in [4.78, 5) is 16.8. The Morgan fingerprint density at radius 2 is 1.87 bits per heavy atom. The summed E-state index contributed by atoms with van der Waals surface area (Å²) in [5, 5.41) is 0. The molecule has 1 heterocycles. The second-order valence-corrected chi connectivity index (χ2v) is 6.73. The van der Waals surface area contributed by atoms with Crippen molar-refractivity contribution in [2.24, 2.45) is 0 Å². The fourth-order valence-corrected chi connectivity index (χ4v) is 3.44. The van der Waals surface area contributed by atoms with Gasteiger partial charge in [0.15, 0.2) is 0 Å². The first-order chi connectivity index (χ1) is 11.1. The number of piperidine rings is 1. The number of amides is 1. The van der Waals surface area contributed by atoms with Crippen LogP contribution in [0.2, 0.25) is 0 Å². The molecule has 1 aromatic carbocycles. The average Bonchev–Trinajstić information content (AvgIpc) is 2.59. The SMILES string of the molecule is COCCC1(N(C)C)CCN(C(=O)CCc2ccccc2)CC1. The summed E-state index contributed by atoms with van der Waals surface area (Å²) in [6.07, 6.45) is 4.53. The fourth-order valence-electron chi connectivity index (χ4n) is 3.44. The van der Waals surface area contributed by atoms with Crippen LogP contribution >= 0.6 is 0 Å². The molecule has 23 heavy (non-hydrogen) atoms. The smallest absolute Gasteiger partial charge is 0.222 e.